The fourth-order valence-corrected chi connectivity index (χ4v) is 1.30. The predicted octanol–water partition coefficient (Wildman–Crippen LogP) is 3.17. The fraction of sp³-hybridized carbons (Fsp3) is 0.545. The van der Waals surface area contributed by atoms with Crippen molar-refractivity contribution in [2.24, 2.45) is 0 Å². The van der Waals surface area contributed by atoms with E-state index >= 15 is 0 Å². The Balaban J connectivity index is 2.55. The van der Waals surface area contributed by atoms with E-state index in [2.05, 4.69) is 12.7 Å². The van der Waals surface area contributed by atoms with Gasteiger partial charge in [0.15, 0.2) is 5.60 Å². The maximum atomic E-state index is 10.8. The lowest BCUT2D eigenvalue weighted by Crippen LogP contribution is -2.24. The summed E-state index contributed by atoms with van der Waals surface area (Å²) in [7, 11) is 0. The van der Waals surface area contributed by atoms with E-state index in [1.165, 1.54) is 5.57 Å². The fourth-order valence-electron chi connectivity index (χ4n) is 1.30. The summed E-state index contributed by atoms with van der Waals surface area (Å²) >= 11 is 0. The number of allylic oxidation sites excluding steroid dienone is 2. The van der Waals surface area contributed by atoms with Crippen LogP contribution in [0.1, 0.15) is 33.6 Å². The largest absolute Gasteiger partial charge is 0.514 e. The SMILES string of the molecule is C=C1OC(=O)OC1(C)CCC=C(C)C. The molecule has 0 radical (unpaired) electrons. The van der Waals surface area contributed by atoms with Gasteiger partial charge in [-0.3, -0.25) is 0 Å². The summed E-state index contributed by atoms with van der Waals surface area (Å²) in [5, 5.41) is 0. The molecule has 1 aliphatic heterocycles. The minimum Gasteiger partial charge on any atom is -0.419 e. The molecule has 0 spiro atoms. The van der Waals surface area contributed by atoms with Gasteiger partial charge in [-0.05, 0) is 33.6 Å². The molecule has 3 heteroatoms. The summed E-state index contributed by atoms with van der Waals surface area (Å²) in [5.74, 6) is 0.407. The van der Waals surface area contributed by atoms with Gasteiger partial charge in [-0.2, -0.15) is 0 Å². The maximum absolute atomic E-state index is 10.8. The van der Waals surface area contributed by atoms with Crippen molar-refractivity contribution in [1.29, 1.82) is 0 Å². The van der Waals surface area contributed by atoms with Gasteiger partial charge in [0.05, 0.1) is 0 Å². The second-order valence-corrected chi connectivity index (χ2v) is 3.93. The highest BCUT2D eigenvalue weighted by molar-refractivity contribution is 5.66. The van der Waals surface area contributed by atoms with E-state index in [0.29, 0.717) is 12.2 Å². The zero-order valence-electron chi connectivity index (χ0n) is 8.92. The highest BCUT2D eigenvalue weighted by atomic mass is 16.8. The number of carbonyl (C=O) groups is 1. The van der Waals surface area contributed by atoms with Crippen LogP contribution in [-0.4, -0.2) is 11.8 Å². The van der Waals surface area contributed by atoms with E-state index in [4.69, 9.17) is 9.47 Å². The third kappa shape index (κ3) is 2.37. The Kier molecular flexibility index (Phi) is 2.99. The quantitative estimate of drug-likeness (QED) is 0.513. The van der Waals surface area contributed by atoms with E-state index in [1.54, 1.807) is 0 Å². The van der Waals surface area contributed by atoms with Crippen LogP contribution in [0.15, 0.2) is 24.0 Å². The molecular formula is C11H16O3. The third-order valence-electron chi connectivity index (χ3n) is 2.28. The van der Waals surface area contributed by atoms with Crippen LogP contribution in [0.25, 0.3) is 0 Å². The summed E-state index contributed by atoms with van der Waals surface area (Å²) in [6.07, 6.45) is 3.02. The van der Waals surface area contributed by atoms with Gasteiger partial charge >= 0.3 is 6.16 Å². The lowest BCUT2D eigenvalue weighted by Gasteiger charge is -2.19. The van der Waals surface area contributed by atoms with Crippen molar-refractivity contribution in [3.8, 4) is 0 Å². The first-order valence-electron chi connectivity index (χ1n) is 4.67. The predicted molar refractivity (Wildman–Crippen MR) is 53.8 cm³/mol. The van der Waals surface area contributed by atoms with Crippen LogP contribution in [0.3, 0.4) is 0 Å². The van der Waals surface area contributed by atoms with Crippen molar-refractivity contribution < 1.29 is 14.3 Å². The first-order valence-corrected chi connectivity index (χ1v) is 4.67. The van der Waals surface area contributed by atoms with Gasteiger partial charge in [0.2, 0.25) is 0 Å². The van der Waals surface area contributed by atoms with Crippen LogP contribution in [-0.2, 0) is 9.47 Å². The second-order valence-electron chi connectivity index (χ2n) is 3.93. The molecule has 0 aromatic carbocycles. The molecule has 0 aromatic rings. The molecule has 1 unspecified atom stereocenters. The number of carbonyl (C=O) groups excluding carboxylic acids is 1. The van der Waals surface area contributed by atoms with Crippen molar-refractivity contribution in [3.05, 3.63) is 24.0 Å². The van der Waals surface area contributed by atoms with Crippen LogP contribution in [0, 0.1) is 0 Å². The summed E-state index contributed by atoms with van der Waals surface area (Å²) < 4.78 is 9.81. The first-order chi connectivity index (χ1) is 6.44. The summed E-state index contributed by atoms with van der Waals surface area (Å²) in [4.78, 5) is 10.8. The summed E-state index contributed by atoms with van der Waals surface area (Å²) in [5.41, 5.74) is 0.604. The molecule has 0 aliphatic carbocycles. The van der Waals surface area contributed by atoms with Gasteiger partial charge in [-0.25, -0.2) is 4.79 Å². The maximum Gasteiger partial charge on any atom is 0.514 e. The Morgan fingerprint density at radius 1 is 1.57 bits per heavy atom. The Bertz CT molecular complexity index is 287. The van der Waals surface area contributed by atoms with Gasteiger partial charge in [0.25, 0.3) is 0 Å². The second kappa shape index (κ2) is 3.86. The number of hydrogen-bond acceptors (Lipinski definition) is 3. The van der Waals surface area contributed by atoms with Gasteiger partial charge in [0, 0.05) is 0 Å². The molecule has 14 heavy (non-hydrogen) atoms. The molecule has 1 rings (SSSR count). The molecule has 0 aromatic heterocycles. The molecule has 3 nitrogen and oxygen atoms in total. The van der Waals surface area contributed by atoms with Gasteiger partial charge < -0.3 is 9.47 Å². The van der Waals surface area contributed by atoms with Crippen LogP contribution >= 0.6 is 0 Å². The lowest BCUT2D eigenvalue weighted by atomic mass is 9.98. The zero-order chi connectivity index (χ0) is 10.8. The highest BCUT2D eigenvalue weighted by Crippen LogP contribution is 2.33. The summed E-state index contributed by atoms with van der Waals surface area (Å²) in [6.45, 7) is 9.56. The molecule has 0 amide bonds. The number of rotatable bonds is 3. The minimum atomic E-state index is -0.650. The van der Waals surface area contributed by atoms with Crippen LogP contribution in [0.5, 0.6) is 0 Å². The van der Waals surface area contributed by atoms with Crippen molar-refractivity contribution in [3.63, 3.8) is 0 Å². The third-order valence-corrected chi connectivity index (χ3v) is 2.28. The molecule has 78 valence electrons. The molecule has 1 fully saturated rings. The van der Waals surface area contributed by atoms with Gasteiger partial charge in [0.1, 0.15) is 5.76 Å². The van der Waals surface area contributed by atoms with E-state index in [0.717, 1.165) is 6.42 Å². The normalized spacial score (nSPS) is 25.6. The molecule has 1 atom stereocenters. The monoisotopic (exact) mass is 196 g/mol. The standard InChI is InChI=1S/C11H16O3/c1-8(2)6-5-7-11(4)9(3)13-10(12)14-11/h6H,3,5,7H2,1-2,4H3. The van der Waals surface area contributed by atoms with Crippen molar-refractivity contribution in [1.82, 2.24) is 0 Å². The Morgan fingerprint density at radius 2 is 2.21 bits per heavy atom. The van der Waals surface area contributed by atoms with Gasteiger partial charge in [-0.1, -0.05) is 18.2 Å². The molecule has 1 aliphatic rings. The molecular weight excluding hydrogens is 180 g/mol. The van der Waals surface area contributed by atoms with Crippen LogP contribution < -0.4 is 0 Å². The van der Waals surface area contributed by atoms with Crippen LogP contribution in [0.2, 0.25) is 0 Å². The molecule has 0 saturated carbocycles. The molecule has 0 N–H and O–H groups in total. The molecule has 1 heterocycles. The molecule has 0 bridgehead atoms. The van der Waals surface area contributed by atoms with E-state index < -0.39 is 11.8 Å². The summed E-state index contributed by atoms with van der Waals surface area (Å²) in [6, 6.07) is 0. The average molecular weight is 196 g/mol. The number of ether oxygens (including phenoxy) is 2. The average Bonchev–Trinajstić information content (AvgIpc) is 2.25. The van der Waals surface area contributed by atoms with E-state index in [1.807, 2.05) is 20.8 Å². The Labute approximate surface area is 84.4 Å². The number of hydrogen-bond donors (Lipinski definition) is 0. The lowest BCUT2D eigenvalue weighted by molar-refractivity contribution is 0.0722. The highest BCUT2D eigenvalue weighted by Gasteiger charge is 2.41. The molecule has 1 saturated heterocycles. The first kappa shape index (κ1) is 10.8. The number of cyclic esters (lactones) is 2. The van der Waals surface area contributed by atoms with E-state index in [-0.39, 0.29) is 0 Å². The zero-order valence-corrected chi connectivity index (χ0v) is 8.92. The van der Waals surface area contributed by atoms with E-state index in [9.17, 15) is 4.79 Å². The Hall–Kier alpha value is -1.25. The van der Waals surface area contributed by atoms with Crippen LogP contribution in [0.4, 0.5) is 4.79 Å². The van der Waals surface area contributed by atoms with Crippen molar-refractivity contribution >= 4 is 6.16 Å². The van der Waals surface area contributed by atoms with Crippen molar-refractivity contribution in [2.75, 3.05) is 0 Å². The minimum absolute atomic E-state index is 0.407. The van der Waals surface area contributed by atoms with Gasteiger partial charge in [-0.15, -0.1) is 0 Å². The van der Waals surface area contributed by atoms with Crippen molar-refractivity contribution in [2.45, 2.75) is 39.2 Å². The topological polar surface area (TPSA) is 35.5 Å². The smallest absolute Gasteiger partial charge is 0.419 e. The Morgan fingerprint density at radius 3 is 2.64 bits per heavy atom.